The van der Waals surface area contributed by atoms with Crippen LogP contribution in [-0.2, 0) is 6.54 Å². The number of pyridine rings is 1. The van der Waals surface area contributed by atoms with Crippen LogP contribution in [0.1, 0.15) is 31.8 Å². The van der Waals surface area contributed by atoms with Crippen molar-refractivity contribution in [2.75, 3.05) is 43.9 Å². The molecule has 0 atom stereocenters. The number of para-hydroxylation sites is 2. The van der Waals surface area contributed by atoms with Gasteiger partial charge in [0, 0.05) is 73.8 Å². The van der Waals surface area contributed by atoms with Crippen molar-refractivity contribution in [1.29, 1.82) is 0 Å². The van der Waals surface area contributed by atoms with E-state index in [1.807, 2.05) is 67.6 Å². The number of hydrogen-bond donors (Lipinski definition) is 5. The van der Waals surface area contributed by atoms with Gasteiger partial charge in [-0.1, -0.05) is 42.5 Å². The number of hydrogen-bond acceptors (Lipinski definition) is 12. The van der Waals surface area contributed by atoms with Crippen molar-refractivity contribution in [3.8, 4) is 51.2 Å². The summed E-state index contributed by atoms with van der Waals surface area (Å²) in [5, 5.41) is 40.3. The maximum absolute atomic E-state index is 12.9. The van der Waals surface area contributed by atoms with Gasteiger partial charge in [-0.05, 0) is 116 Å². The van der Waals surface area contributed by atoms with E-state index in [1.54, 1.807) is 73.2 Å². The van der Waals surface area contributed by atoms with Crippen LogP contribution in [0.3, 0.4) is 0 Å². The van der Waals surface area contributed by atoms with E-state index < -0.39 is 5.97 Å². The van der Waals surface area contributed by atoms with E-state index in [0.717, 1.165) is 55.2 Å². The molecule has 15 heteroatoms. The van der Waals surface area contributed by atoms with Crippen LogP contribution in [0.4, 0.5) is 17.3 Å². The molecule has 1 saturated heterocycles. The lowest BCUT2D eigenvalue weighted by Crippen LogP contribution is -2.43. The number of carbonyl (C=O) groups excluding carboxylic acids is 1. The zero-order chi connectivity index (χ0) is 45.3. The number of anilines is 3. The molecule has 0 bridgehead atoms. The van der Waals surface area contributed by atoms with Crippen molar-refractivity contribution in [2.24, 2.45) is 0 Å². The van der Waals surface area contributed by atoms with Gasteiger partial charge in [0.1, 0.15) is 11.5 Å². The van der Waals surface area contributed by atoms with Gasteiger partial charge in [-0.15, -0.1) is 5.10 Å². The van der Waals surface area contributed by atoms with Crippen LogP contribution < -0.4 is 10.6 Å². The summed E-state index contributed by atoms with van der Waals surface area (Å²) >= 11 is 0. The molecule has 0 saturated carbocycles. The lowest BCUT2D eigenvalue weighted by Gasteiger charge is -2.32. The standard InChI is InChI=1S/C29H31N7O.C21H15N3O4/c1-21-5-10-25(18-27(21)34-29-31-13-11-26(33-29)24-4-3-12-30-19-24)32-28(37)23-8-6-22(7-9-23)20-36-16-14-35(2)15-17-36;25-17-7-3-1-5-15(17)19-22-20(16-6-2-4-8-18(16)26)24(23-19)14-11-9-13(10-12-14)21(27)28/h3-13,18-19H,14-17,20H2,1-2H3,(H,32,37)(H,31,33,34);1-12,25-26H,(H,27,28). The predicted molar refractivity (Wildman–Crippen MR) is 249 cm³/mol. The highest BCUT2D eigenvalue weighted by Gasteiger charge is 2.20. The van der Waals surface area contributed by atoms with Crippen molar-refractivity contribution >= 4 is 29.2 Å². The van der Waals surface area contributed by atoms with E-state index in [0.29, 0.717) is 39.8 Å². The van der Waals surface area contributed by atoms with E-state index in [1.165, 1.54) is 28.4 Å². The molecule has 1 fully saturated rings. The number of piperazine rings is 1. The number of aryl methyl sites for hydroxylation is 1. The highest BCUT2D eigenvalue weighted by molar-refractivity contribution is 6.04. The SMILES string of the molecule is Cc1ccc(NC(=O)c2ccc(CN3CCN(C)CC3)cc2)cc1Nc1nccc(-c2cccnc2)n1.O=C(O)c1ccc(-n2nc(-c3ccccc3O)nc2-c2ccccc2O)cc1. The first kappa shape index (κ1) is 43.4. The predicted octanol–water partition coefficient (Wildman–Crippen LogP) is 8.30. The normalized spacial score (nSPS) is 12.8. The highest BCUT2D eigenvalue weighted by atomic mass is 16.4. The van der Waals surface area contributed by atoms with Gasteiger partial charge in [0.2, 0.25) is 5.95 Å². The molecule has 0 unspecified atom stereocenters. The van der Waals surface area contributed by atoms with E-state index in [2.05, 4.69) is 52.5 Å². The molecule has 5 N–H and O–H groups in total. The number of carboxylic acid groups (broad SMARTS) is 1. The van der Waals surface area contributed by atoms with Crippen LogP contribution in [0.5, 0.6) is 11.5 Å². The Hall–Kier alpha value is -8.27. The molecule has 1 aliphatic rings. The number of likely N-dealkylation sites (N-methyl/N-ethyl adjacent to an activating group) is 1. The maximum Gasteiger partial charge on any atom is 0.335 e. The van der Waals surface area contributed by atoms with Gasteiger partial charge < -0.3 is 30.9 Å². The van der Waals surface area contributed by atoms with E-state index in [9.17, 15) is 19.8 Å². The highest BCUT2D eigenvalue weighted by Crippen LogP contribution is 2.33. The van der Waals surface area contributed by atoms with Gasteiger partial charge in [0.05, 0.1) is 28.1 Å². The first-order valence-corrected chi connectivity index (χ1v) is 20.9. The summed E-state index contributed by atoms with van der Waals surface area (Å²) in [6.45, 7) is 7.24. The fourth-order valence-corrected chi connectivity index (χ4v) is 7.13. The Morgan fingerprint density at radius 2 is 1.42 bits per heavy atom. The summed E-state index contributed by atoms with van der Waals surface area (Å²) in [7, 11) is 2.16. The monoisotopic (exact) mass is 866 g/mol. The molecule has 1 aliphatic heterocycles. The molecule has 8 aromatic rings. The molecule has 4 heterocycles. The van der Waals surface area contributed by atoms with Gasteiger partial charge in [-0.25, -0.2) is 24.4 Å². The van der Waals surface area contributed by atoms with Crippen LogP contribution in [0.15, 0.2) is 152 Å². The number of nitrogens with zero attached hydrogens (tertiary/aromatic N) is 8. The zero-order valence-electron chi connectivity index (χ0n) is 35.7. The second kappa shape index (κ2) is 19.8. The second-order valence-electron chi connectivity index (χ2n) is 15.4. The molecule has 0 radical (unpaired) electrons. The lowest BCUT2D eigenvalue weighted by atomic mass is 10.1. The summed E-state index contributed by atoms with van der Waals surface area (Å²) in [5.74, 6) is 0.00514. The molecule has 0 aliphatic carbocycles. The fourth-order valence-electron chi connectivity index (χ4n) is 7.13. The summed E-state index contributed by atoms with van der Waals surface area (Å²) in [6, 6.07) is 38.9. The Morgan fingerprint density at radius 1 is 0.723 bits per heavy atom. The average molecular weight is 867 g/mol. The first-order valence-electron chi connectivity index (χ1n) is 20.9. The Bertz CT molecular complexity index is 2920. The minimum atomic E-state index is -1.03. The van der Waals surface area contributed by atoms with Crippen molar-refractivity contribution in [3.05, 3.63) is 174 Å². The topological polar surface area (TPSA) is 195 Å². The van der Waals surface area contributed by atoms with E-state index in [4.69, 9.17) is 5.11 Å². The summed E-state index contributed by atoms with van der Waals surface area (Å²) in [5.41, 5.74) is 7.70. The number of amides is 1. The molecule has 9 rings (SSSR count). The number of nitrogens with one attached hydrogen (secondary N) is 2. The average Bonchev–Trinajstić information content (AvgIpc) is 3.77. The van der Waals surface area contributed by atoms with Crippen LogP contribution in [0.2, 0.25) is 0 Å². The lowest BCUT2D eigenvalue weighted by molar-refractivity contribution is 0.0696. The Kier molecular flexibility index (Phi) is 13.2. The third-order valence-corrected chi connectivity index (χ3v) is 10.8. The second-order valence-corrected chi connectivity index (χ2v) is 15.4. The van der Waals surface area contributed by atoms with E-state index >= 15 is 0 Å². The molecule has 5 aromatic carbocycles. The molecule has 65 heavy (non-hydrogen) atoms. The smallest absolute Gasteiger partial charge is 0.335 e. The number of carbonyl (C=O) groups is 2. The largest absolute Gasteiger partial charge is 0.507 e. The van der Waals surface area contributed by atoms with Crippen molar-refractivity contribution in [3.63, 3.8) is 0 Å². The van der Waals surface area contributed by atoms with Gasteiger partial charge in [0.25, 0.3) is 5.91 Å². The Balaban J connectivity index is 0.000000184. The number of benzene rings is 5. The van der Waals surface area contributed by atoms with E-state index in [-0.39, 0.29) is 28.8 Å². The van der Waals surface area contributed by atoms with Crippen molar-refractivity contribution in [2.45, 2.75) is 13.5 Å². The number of phenolic OH excluding ortho intramolecular Hbond substituents is 2. The zero-order valence-corrected chi connectivity index (χ0v) is 35.7. The number of phenols is 2. The molecule has 326 valence electrons. The van der Waals surface area contributed by atoms with Gasteiger partial charge in [-0.2, -0.15) is 0 Å². The summed E-state index contributed by atoms with van der Waals surface area (Å²) < 4.78 is 1.50. The molecular weight excluding hydrogens is 821 g/mol. The minimum absolute atomic E-state index is 0.0298. The van der Waals surface area contributed by atoms with Crippen molar-refractivity contribution in [1.82, 2.24) is 39.5 Å². The number of carboxylic acids is 1. The summed E-state index contributed by atoms with van der Waals surface area (Å²) in [6.07, 6.45) is 5.22. The van der Waals surface area contributed by atoms with Gasteiger partial charge in [-0.3, -0.25) is 14.7 Å². The molecule has 1 amide bonds. The first-order chi connectivity index (χ1) is 31.6. The fraction of sp³-hybridized carbons (Fsp3) is 0.140. The molecular formula is C50H46N10O5. The quantitative estimate of drug-likeness (QED) is 0.0834. The summed E-state index contributed by atoms with van der Waals surface area (Å²) in [4.78, 5) is 46.5. The van der Waals surface area contributed by atoms with Crippen LogP contribution in [-0.4, -0.2) is 99.9 Å². The van der Waals surface area contributed by atoms with Gasteiger partial charge in [0.15, 0.2) is 11.6 Å². The van der Waals surface area contributed by atoms with Crippen LogP contribution >= 0.6 is 0 Å². The van der Waals surface area contributed by atoms with Crippen LogP contribution in [0.25, 0.3) is 39.7 Å². The minimum Gasteiger partial charge on any atom is -0.507 e. The molecule has 15 nitrogen and oxygen atoms in total. The van der Waals surface area contributed by atoms with Gasteiger partial charge >= 0.3 is 5.97 Å². The molecule has 3 aromatic heterocycles. The Morgan fingerprint density at radius 3 is 2.09 bits per heavy atom. The number of aromatic hydroxyl groups is 2. The number of aromatic carboxylic acids is 1. The number of aromatic nitrogens is 6. The third-order valence-electron chi connectivity index (χ3n) is 10.8. The Labute approximate surface area is 375 Å². The van der Waals surface area contributed by atoms with Crippen LogP contribution in [0, 0.1) is 6.92 Å². The maximum atomic E-state index is 12.9. The molecule has 0 spiro atoms. The van der Waals surface area contributed by atoms with Crippen molar-refractivity contribution < 1.29 is 24.9 Å². The third kappa shape index (κ3) is 10.7. The number of rotatable bonds is 11.